The summed E-state index contributed by atoms with van der Waals surface area (Å²) in [6, 6.07) is 1.94. The number of ether oxygens (including phenoxy) is 1. The first-order chi connectivity index (χ1) is 12.9. The number of aromatic nitrogens is 3. The van der Waals surface area contributed by atoms with Gasteiger partial charge in [-0.05, 0) is 26.8 Å². The third-order valence-electron chi connectivity index (χ3n) is 5.29. The van der Waals surface area contributed by atoms with Crippen molar-refractivity contribution < 1.29 is 14.3 Å². The molecule has 2 aliphatic heterocycles. The highest BCUT2D eigenvalue weighted by molar-refractivity contribution is 5.99. The third kappa shape index (κ3) is 2.67. The van der Waals surface area contributed by atoms with Crippen LogP contribution in [0.2, 0.25) is 0 Å². The molecule has 2 amide bonds. The number of nitrogens with one attached hydrogen (secondary N) is 1. The Bertz CT molecular complexity index is 934. The average molecular weight is 369 g/mol. The summed E-state index contributed by atoms with van der Waals surface area (Å²) < 4.78 is 7.30. The van der Waals surface area contributed by atoms with Crippen LogP contribution in [0.15, 0.2) is 12.3 Å². The van der Waals surface area contributed by atoms with Crippen molar-refractivity contribution in [2.24, 2.45) is 0 Å². The summed E-state index contributed by atoms with van der Waals surface area (Å²) in [7, 11) is 1.56. The molecule has 8 heteroatoms. The van der Waals surface area contributed by atoms with Crippen molar-refractivity contribution in [3.8, 4) is 5.88 Å². The smallest absolute Gasteiger partial charge is 0.256 e. The fourth-order valence-corrected chi connectivity index (χ4v) is 3.86. The van der Waals surface area contributed by atoms with E-state index in [0.717, 1.165) is 16.8 Å². The molecule has 0 radical (unpaired) electrons. The van der Waals surface area contributed by atoms with Crippen molar-refractivity contribution in [1.82, 2.24) is 19.7 Å². The molecule has 8 nitrogen and oxygen atoms in total. The lowest BCUT2D eigenvalue weighted by Gasteiger charge is -2.24. The molecular weight excluding hydrogens is 346 g/mol. The Kier molecular flexibility index (Phi) is 4.13. The molecule has 0 aromatic carbocycles. The second-order valence-corrected chi connectivity index (χ2v) is 7.18. The minimum Gasteiger partial charge on any atom is -0.481 e. The summed E-state index contributed by atoms with van der Waals surface area (Å²) in [5.41, 5.74) is 2.98. The van der Waals surface area contributed by atoms with Gasteiger partial charge < -0.3 is 15.0 Å². The summed E-state index contributed by atoms with van der Waals surface area (Å²) in [4.78, 5) is 31.5. The normalized spacial score (nSPS) is 18.6. The maximum absolute atomic E-state index is 12.8. The van der Waals surface area contributed by atoms with Gasteiger partial charge in [-0.1, -0.05) is 0 Å². The maximum Gasteiger partial charge on any atom is 0.256 e. The molecule has 1 atom stereocenters. The number of pyridine rings is 1. The lowest BCUT2D eigenvalue weighted by atomic mass is 9.87. The summed E-state index contributed by atoms with van der Waals surface area (Å²) in [5, 5.41) is 7.28. The van der Waals surface area contributed by atoms with Crippen LogP contribution in [0.1, 0.15) is 60.3 Å². The van der Waals surface area contributed by atoms with Gasteiger partial charge in [0, 0.05) is 36.1 Å². The second-order valence-electron chi connectivity index (χ2n) is 7.18. The van der Waals surface area contributed by atoms with Crippen LogP contribution < -0.4 is 10.1 Å². The number of nitrogens with zero attached hydrogens (tertiary/aromatic N) is 4. The molecule has 1 unspecified atom stereocenters. The fraction of sp³-hybridized carbons (Fsp3) is 0.474. The molecule has 1 N–H and O–H groups in total. The first-order valence-corrected chi connectivity index (χ1v) is 9.18. The Balaban J connectivity index is 1.83. The first-order valence-electron chi connectivity index (χ1n) is 9.18. The summed E-state index contributed by atoms with van der Waals surface area (Å²) >= 11 is 0. The van der Waals surface area contributed by atoms with Gasteiger partial charge in [0.15, 0.2) is 0 Å². The highest BCUT2D eigenvalue weighted by atomic mass is 16.5. The lowest BCUT2D eigenvalue weighted by molar-refractivity contribution is -0.116. The van der Waals surface area contributed by atoms with Crippen molar-refractivity contribution in [3.05, 3.63) is 34.6 Å². The van der Waals surface area contributed by atoms with E-state index in [1.54, 1.807) is 22.9 Å². The van der Waals surface area contributed by atoms with E-state index in [1.807, 2.05) is 26.8 Å². The van der Waals surface area contributed by atoms with Crippen molar-refractivity contribution >= 4 is 17.6 Å². The van der Waals surface area contributed by atoms with Gasteiger partial charge in [0.1, 0.15) is 5.82 Å². The highest BCUT2D eigenvalue weighted by Crippen LogP contribution is 2.41. The van der Waals surface area contributed by atoms with E-state index < -0.39 is 0 Å². The van der Waals surface area contributed by atoms with Crippen LogP contribution in [0.25, 0.3) is 0 Å². The predicted molar refractivity (Wildman–Crippen MR) is 98.8 cm³/mol. The Morgan fingerprint density at radius 1 is 1.33 bits per heavy atom. The number of carbonyl (C=O) groups excluding carboxylic acids is 2. The number of carbonyl (C=O) groups is 2. The van der Waals surface area contributed by atoms with Gasteiger partial charge in [-0.15, -0.1) is 0 Å². The van der Waals surface area contributed by atoms with E-state index in [9.17, 15) is 9.59 Å². The zero-order valence-corrected chi connectivity index (χ0v) is 15.9. The summed E-state index contributed by atoms with van der Waals surface area (Å²) in [5.74, 6) is 0.808. The number of aryl methyl sites for hydroxylation is 1. The quantitative estimate of drug-likeness (QED) is 0.892. The van der Waals surface area contributed by atoms with E-state index in [-0.39, 0.29) is 30.2 Å². The Morgan fingerprint density at radius 2 is 2.11 bits per heavy atom. The van der Waals surface area contributed by atoms with Crippen molar-refractivity contribution in [2.75, 3.05) is 12.4 Å². The molecule has 2 aromatic heterocycles. The molecule has 0 saturated carbocycles. The number of methoxy groups -OCH3 is 1. The van der Waals surface area contributed by atoms with E-state index >= 15 is 0 Å². The van der Waals surface area contributed by atoms with E-state index in [4.69, 9.17) is 4.74 Å². The zero-order chi connectivity index (χ0) is 19.3. The van der Waals surface area contributed by atoms with Crippen LogP contribution in [-0.2, 0) is 17.9 Å². The van der Waals surface area contributed by atoms with Crippen LogP contribution in [0.4, 0.5) is 5.82 Å². The van der Waals surface area contributed by atoms with Gasteiger partial charge in [0.25, 0.3) is 5.91 Å². The number of amides is 2. The average Bonchev–Trinajstić information content (AvgIpc) is 3.20. The van der Waals surface area contributed by atoms with Gasteiger partial charge in [0.05, 0.1) is 31.1 Å². The van der Waals surface area contributed by atoms with Crippen LogP contribution >= 0.6 is 0 Å². The van der Waals surface area contributed by atoms with E-state index in [2.05, 4.69) is 15.4 Å². The Labute approximate surface area is 157 Å². The summed E-state index contributed by atoms with van der Waals surface area (Å²) in [6.45, 7) is 7.08. The first kappa shape index (κ1) is 17.5. The molecule has 0 saturated heterocycles. The second kappa shape index (κ2) is 6.37. The number of hydrogen-bond donors (Lipinski definition) is 1. The molecule has 2 aliphatic rings. The Morgan fingerprint density at radius 3 is 2.78 bits per heavy atom. The van der Waals surface area contributed by atoms with Gasteiger partial charge in [0.2, 0.25) is 11.8 Å². The minimum atomic E-state index is -0.248. The van der Waals surface area contributed by atoms with Gasteiger partial charge in [-0.25, -0.2) is 9.67 Å². The van der Waals surface area contributed by atoms with Crippen molar-refractivity contribution in [2.45, 2.75) is 52.2 Å². The number of hydrogen-bond acceptors (Lipinski definition) is 5. The SMILES string of the molecule is CCn1ncc2c1NC(=O)CC2c1cc2c(nc1OC)CN(C(C)C)C2=O. The van der Waals surface area contributed by atoms with Crippen LogP contribution in [0, 0.1) is 0 Å². The molecule has 0 fully saturated rings. The van der Waals surface area contributed by atoms with Gasteiger partial charge in [-0.2, -0.15) is 5.10 Å². The maximum atomic E-state index is 12.8. The highest BCUT2D eigenvalue weighted by Gasteiger charge is 2.36. The molecule has 0 aliphatic carbocycles. The Hall–Kier alpha value is -2.90. The topological polar surface area (TPSA) is 89.3 Å². The third-order valence-corrected chi connectivity index (χ3v) is 5.29. The molecular formula is C19H23N5O3. The van der Waals surface area contributed by atoms with Crippen molar-refractivity contribution in [1.29, 1.82) is 0 Å². The standard InChI is InChI=1S/C19H23N5O3/c1-5-24-17-14(8-20-24)11(7-16(25)22-17)12-6-13-15(21-18(12)27-4)9-23(10(2)3)19(13)26/h6,8,10-11H,5,7,9H2,1-4H3,(H,22,25). The molecule has 2 aromatic rings. The predicted octanol–water partition coefficient (Wildman–Crippen LogP) is 2.14. The minimum absolute atomic E-state index is 0.0267. The molecule has 0 bridgehead atoms. The summed E-state index contributed by atoms with van der Waals surface area (Å²) in [6.07, 6.45) is 2.04. The number of rotatable bonds is 4. The van der Waals surface area contributed by atoms with Crippen LogP contribution in [-0.4, -0.2) is 44.6 Å². The molecule has 4 heterocycles. The lowest BCUT2D eigenvalue weighted by Crippen LogP contribution is -2.30. The van der Waals surface area contributed by atoms with Crippen molar-refractivity contribution in [3.63, 3.8) is 0 Å². The largest absolute Gasteiger partial charge is 0.481 e. The van der Waals surface area contributed by atoms with Gasteiger partial charge >= 0.3 is 0 Å². The zero-order valence-electron chi connectivity index (χ0n) is 15.9. The number of anilines is 1. The van der Waals surface area contributed by atoms with Crippen LogP contribution in [0.3, 0.4) is 0 Å². The number of fused-ring (bicyclic) bond motifs is 2. The monoisotopic (exact) mass is 369 g/mol. The van der Waals surface area contributed by atoms with Gasteiger partial charge in [-0.3, -0.25) is 9.59 Å². The molecule has 142 valence electrons. The van der Waals surface area contributed by atoms with Crippen LogP contribution in [0.5, 0.6) is 5.88 Å². The molecule has 4 rings (SSSR count). The molecule has 27 heavy (non-hydrogen) atoms. The fourth-order valence-electron chi connectivity index (χ4n) is 3.86. The van der Waals surface area contributed by atoms with E-state index in [1.165, 1.54) is 0 Å². The molecule has 0 spiro atoms. The van der Waals surface area contributed by atoms with E-state index in [0.29, 0.717) is 30.4 Å².